The molecule has 0 spiro atoms. The molecule has 1 fully saturated rings. The minimum atomic E-state index is -0.164. The molecule has 5 nitrogen and oxygen atoms in total. The van der Waals surface area contributed by atoms with E-state index >= 15 is 0 Å². The number of aryl methyl sites for hydroxylation is 1. The number of carbonyl (C=O) groups is 1. The fourth-order valence-corrected chi connectivity index (χ4v) is 3.59. The van der Waals surface area contributed by atoms with Gasteiger partial charge >= 0.3 is 0 Å². The van der Waals surface area contributed by atoms with Crippen LogP contribution in [0.4, 0.5) is 4.39 Å². The van der Waals surface area contributed by atoms with Crippen LogP contribution in [0.5, 0.6) is 0 Å². The third-order valence-electron chi connectivity index (χ3n) is 5.17. The van der Waals surface area contributed by atoms with Crippen LogP contribution in [0, 0.1) is 5.82 Å². The number of halogens is 1. The lowest BCUT2D eigenvalue weighted by Crippen LogP contribution is -2.48. The van der Waals surface area contributed by atoms with Gasteiger partial charge in [-0.1, -0.05) is 36.4 Å². The molecule has 2 aromatic carbocycles. The molecule has 4 rings (SSSR count). The Morgan fingerprint density at radius 3 is 2.56 bits per heavy atom. The molecule has 0 saturated carbocycles. The normalized spacial score (nSPS) is 15.4. The van der Waals surface area contributed by atoms with Crippen LogP contribution < -0.4 is 0 Å². The van der Waals surface area contributed by atoms with Crippen molar-refractivity contribution in [3.63, 3.8) is 0 Å². The molecule has 1 aliphatic rings. The molecule has 1 amide bonds. The van der Waals surface area contributed by atoms with Gasteiger partial charge in [-0.05, 0) is 12.1 Å². The van der Waals surface area contributed by atoms with E-state index in [0.717, 1.165) is 24.0 Å². The summed E-state index contributed by atoms with van der Waals surface area (Å²) in [6.07, 6.45) is 2.28. The molecular weight excluding hydrogens is 343 g/mol. The number of aromatic nitrogens is 2. The lowest BCUT2D eigenvalue weighted by molar-refractivity contribution is -0.133. The standard InChI is InChI=1S/C21H23FN4O/c22-19-7-3-1-6-18(19)16-24-11-13-25(14-12-24)21(27)9-10-26-20-8-4-2-5-17(20)15-23-26/h1-8,15H,9-14,16H2. The minimum absolute atomic E-state index is 0.153. The second kappa shape index (κ2) is 7.88. The summed E-state index contributed by atoms with van der Waals surface area (Å²) in [6.45, 7) is 4.09. The van der Waals surface area contributed by atoms with E-state index in [-0.39, 0.29) is 11.7 Å². The van der Waals surface area contributed by atoms with E-state index < -0.39 is 0 Å². The van der Waals surface area contributed by atoms with E-state index in [1.54, 1.807) is 6.07 Å². The predicted octanol–water partition coefficient (Wildman–Crippen LogP) is 2.91. The van der Waals surface area contributed by atoms with Crippen molar-refractivity contribution in [1.29, 1.82) is 0 Å². The van der Waals surface area contributed by atoms with E-state index in [1.165, 1.54) is 6.07 Å². The predicted molar refractivity (Wildman–Crippen MR) is 103 cm³/mol. The first-order valence-corrected chi connectivity index (χ1v) is 9.35. The third kappa shape index (κ3) is 4.01. The number of para-hydroxylation sites is 1. The number of benzene rings is 2. The number of fused-ring (bicyclic) bond motifs is 1. The summed E-state index contributed by atoms with van der Waals surface area (Å²) in [4.78, 5) is 16.7. The van der Waals surface area contributed by atoms with Crippen LogP contribution in [-0.2, 0) is 17.9 Å². The van der Waals surface area contributed by atoms with Crippen LogP contribution >= 0.6 is 0 Å². The van der Waals surface area contributed by atoms with Crippen molar-refractivity contribution in [1.82, 2.24) is 19.6 Å². The van der Waals surface area contributed by atoms with Gasteiger partial charge in [-0.15, -0.1) is 0 Å². The first kappa shape index (κ1) is 17.7. The monoisotopic (exact) mass is 366 g/mol. The first-order valence-electron chi connectivity index (χ1n) is 9.35. The average molecular weight is 366 g/mol. The van der Waals surface area contributed by atoms with Gasteiger partial charge in [0.25, 0.3) is 0 Å². The number of hydrogen-bond acceptors (Lipinski definition) is 3. The molecule has 0 N–H and O–H groups in total. The fourth-order valence-electron chi connectivity index (χ4n) is 3.59. The summed E-state index contributed by atoms with van der Waals surface area (Å²) in [6, 6.07) is 14.9. The zero-order valence-electron chi connectivity index (χ0n) is 15.2. The summed E-state index contributed by atoms with van der Waals surface area (Å²) in [5.74, 6) is -0.0115. The van der Waals surface area contributed by atoms with Crippen LogP contribution in [0.3, 0.4) is 0 Å². The molecule has 1 aromatic heterocycles. The maximum atomic E-state index is 13.8. The Labute approximate surface area is 158 Å². The molecule has 27 heavy (non-hydrogen) atoms. The number of nitrogens with zero attached hydrogens (tertiary/aromatic N) is 4. The lowest BCUT2D eigenvalue weighted by atomic mass is 10.2. The summed E-state index contributed by atoms with van der Waals surface area (Å²) in [5.41, 5.74) is 1.77. The molecule has 2 heterocycles. The molecule has 0 radical (unpaired) electrons. The zero-order valence-corrected chi connectivity index (χ0v) is 15.2. The Morgan fingerprint density at radius 1 is 1.00 bits per heavy atom. The highest BCUT2D eigenvalue weighted by atomic mass is 19.1. The van der Waals surface area contributed by atoms with E-state index in [0.29, 0.717) is 38.2 Å². The van der Waals surface area contributed by atoms with Crippen molar-refractivity contribution in [2.45, 2.75) is 19.5 Å². The van der Waals surface area contributed by atoms with Crippen molar-refractivity contribution in [3.8, 4) is 0 Å². The third-order valence-corrected chi connectivity index (χ3v) is 5.17. The summed E-state index contributed by atoms with van der Waals surface area (Å²) in [5, 5.41) is 5.47. The Bertz CT molecular complexity index is 931. The van der Waals surface area contributed by atoms with Crippen molar-refractivity contribution in [3.05, 3.63) is 66.1 Å². The number of carbonyl (C=O) groups excluding carboxylic acids is 1. The first-order chi connectivity index (χ1) is 13.2. The molecule has 1 saturated heterocycles. The van der Waals surface area contributed by atoms with Crippen LogP contribution in [0.25, 0.3) is 10.9 Å². The highest BCUT2D eigenvalue weighted by Gasteiger charge is 2.21. The van der Waals surface area contributed by atoms with Crippen LogP contribution in [0.1, 0.15) is 12.0 Å². The molecule has 3 aromatic rings. The van der Waals surface area contributed by atoms with Crippen molar-refractivity contribution >= 4 is 16.8 Å². The quantitative estimate of drug-likeness (QED) is 0.697. The van der Waals surface area contributed by atoms with Crippen molar-refractivity contribution < 1.29 is 9.18 Å². The summed E-state index contributed by atoms with van der Waals surface area (Å²) >= 11 is 0. The Kier molecular flexibility index (Phi) is 5.16. The zero-order chi connectivity index (χ0) is 18.6. The molecule has 0 aliphatic carbocycles. The lowest BCUT2D eigenvalue weighted by Gasteiger charge is -2.34. The van der Waals surface area contributed by atoms with Gasteiger partial charge in [0.15, 0.2) is 0 Å². The van der Waals surface area contributed by atoms with Gasteiger partial charge in [0.2, 0.25) is 5.91 Å². The smallest absolute Gasteiger partial charge is 0.224 e. The summed E-state index contributed by atoms with van der Waals surface area (Å²) < 4.78 is 15.7. The van der Waals surface area contributed by atoms with Gasteiger partial charge < -0.3 is 4.90 Å². The SMILES string of the molecule is O=C(CCn1ncc2ccccc21)N1CCN(Cc2ccccc2F)CC1. The van der Waals surface area contributed by atoms with E-state index in [9.17, 15) is 9.18 Å². The fraction of sp³-hybridized carbons (Fsp3) is 0.333. The van der Waals surface area contributed by atoms with E-state index in [2.05, 4.69) is 10.00 Å². The topological polar surface area (TPSA) is 41.4 Å². The largest absolute Gasteiger partial charge is 0.340 e. The second-order valence-corrected chi connectivity index (χ2v) is 6.92. The van der Waals surface area contributed by atoms with Crippen LogP contribution in [0.15, 0.2) is 54.7 Å². The summed E-state index contributed by atoms with van der Waals surface area (Å²) in [7, 11) is 0. The van der Waals surface area contributed by atoms with Gasteiger partial charge in [0.05, 0.1) is 18.3 Å². The minimum Gasteiger partial charge on any atom is -0.340 e. The van der Waals surface area contributed by atoms with Crippen molar-refractivity contribution in [2.24, 2.45) is 0 Å². The van der Waals surface area contributed by atoms with Crippen LogP contribution in [0.2, 0.25) is 0 Å². The van der Waals surface area contributed by atoms with E-state index in [1.807, 2.05) is 52.2 Å². The maximum Gasteiger partial charge on any atom is 0.224 e. The maximum absolute atomic E-state index is 13.8. The molecule has 0 atom stereocenters. The van der Waals surface area contributed by atoms with Gasteiger partial charge in [-0.25, -0.2) is 4.39 Å². The van der Waals surface area contributed by atoms with Gasteiger partial charge in [0.1, 0.15) is 5.82 Å². The van der Waals surface area contributed by atoms with Gasteiger partial charge in [0, 0.05) is 50.1 Å². The Hall–Kier alpha value is -2.73. The Morgan fingerprint density at radius 2 is 1.74 bits per heavy atom. The molecule has 0 bridgehead atoms. The van der Waals surface area contributed by atoms with Crippen LogP contribution in [-0.4, -0.2) is 51.7 Å². The number of amides is 1. The van der Waals surface area contributed by atoms with Crippen molar-refractivity contribution in [2.75, 3.05) is 26.2 Å². The number of hydrogen-bond donors (Lipinski definition) is 0. The van der Waals surface area contributed by atoms with Gasteiger partial charge in [-0.3, -0.25) is 14.4 Å². The highest BCUT2D eigenvalue weighted by molar-refractivity contribution is 5.79. The second-order valence-electron chi connectivity index (χ2n) is 6.92. The molecule has 6 heteroatoms. The molecule has 140 valence electrons. The highest BCUT2D eigenvalue weighted by Crippen LogP contribution is 2.15. The van der Waals surface area contributed by atoms with E-state index in [4.69, 9.17) is 0 Å². The molecular formula is C21H23FN4O. The molecule has 0 unspecified atom stereocenters. The number of piperazine rings is 1. The number of rotatable bonds is 5. The average Bonchev–Trinajstić information content (AvgIpc) is 3.12. The van der Waals surface area contributed by atoms with Gasteiger partial charge in [-0.2, -0.15) is 5.10 Å². The molecule has 1 aliphatic heterocycles. The Balaban J connectivity index is 1.28.